The lowest BCUT2D eigenvalue weighted by Gasteiger charge is -2.43. The van der Waals surface area contributed by atoms with E-state index in [-0.39, 0.29) is 29.4 Å². The minimum atomic E-state index is 0. The zero-order valence-electron chi connectivity index (χ0n) is 13.9. The van der Waals surface area contributed by atoms with Crippen LogP contribution in [0, 0.1) is 0 Å². The third-order valence-corrected chi connectivity index (χ3v) is 4.58. The Kier molecular flexibility index (Phi) is 9.24. The zero-order chi connectivity index (χ0) is 15.8. The maximum absolute atomic E-state index is 6.00. The van der Waals surface area contributed by atoms with Crippen molar-refractivity contribution in [2.75, 3.05) is 33.4 Å². The minimum absolute atomic E-state index is 0. The van der Waals surface area contributed by atoms with Crippen molar-refractivity contribution in [1.29, 1.82) is 0 Å². The molecule has 130 valence electrons. The standard InChI is InChI=1S/C17H26ClN3O.HI/c1-3-22-12-11-20-16(19-2)21-13-17(9-4-10-17)14-5-7-15(18)8-6-14;/h5-8H,3-4,9-13H2,1-2H3,(H2,19,20,21);1H. The van der Waals surface area contributed by atoms with Crippen molar-refractivity contribution in [2.45, 2.75) is 31.6 Å². The lowest BCUT2D eigenvalue weighted by molar-refractivity contribution is 0.152. The SMILES string of the molecule is CCOCCNC(=NC)NCC1(c2ccc(Cl)cc2)CCC1.I. The van der Waals surface area contributed by atoms with E-state index in [1.165, 1.54) is 24.8 Å². The predicted molar refractivity (Wildman–Crippen MR) is 108 cm³/mol. The first-order chi connectivity index (χ1) is 10.7. The summed E-state index contributed by atoms with van der Waals surface area (Å²) in [4.78, 5) is 4.27. The molecule has 1 aromatic rings. The van der Waals surface area contributed by atoms with E-state index in [1.807, 2.05) is 19.1 Å². The molecule has 0 unspecified atom stereocenters. The van der Waals surface area contributed by atoms with Crippen molar-refractivity contribution in [3.05, 3.63) is 34.9 Å². The monoisotopic (exact) mass is 451 g/mol. The molecule has 0 aliphatic heterocycles. The topological polar surface area (TPSA) is 45.6 Å². The molecule has 0 saturated heterocycles. The normalized spacial score (nSPS) is 16.2. The van der Waals surface area contributed by atoms with E-state index in [4.69, 9.17) is 16.3 Å². The Balaban J connectivity index is 0.00000264. The van der Waals surface area contributed by atoms with Crippen LogP contribution in [0.5, 0.6) is 0 Å². The Hall–Kier alpha value is -0.530. The van der Waals surface area contributed by atoms with Crippen molar-refractivity contribution < 1.29 is 4.74 Å². The number of rotatable bonds is 7. The molecule has 0 amide bonds. The number of guanidine groups is 1. The molecular weight excluding hydrogens is 425 g/mol. The summed E-state index contributed by atoms with van der Waals surface area (Å²) in [6, 6.07) is 8.25. The second kappa shape index (κ2) is 10.4. The lowest BCUT2D eigenvalue weighted by atomic mass is 9.64. The fourth-order valence-electron chi connectivity index (χ4n) is 2.83. The number of aliphatic imine (C=N–C) groups is 1. The van der Waals surface area contributed by atoms with E-state index in [1.54, 1.807) is 7.05 Å². The molecule has 1 saturated carbocycles. The van der Waals surface area contributed by atoms with Crippen molar-refractivity contribution in [3.8, 4) is 0 Å². The Morgan fingerprint density at radius 1 is 1.26 bits per heavy atom. The van der Waals surface area contributed by atoms with Crippen LogP contribution in [0.15, 0.2) is 29.3 Å². The van der Waals surface area contributed by atoms with Gasteiger partial charge in [0.25, 0.3) is 0 Å². The lowest BCUT2D eigenvalue weighted by Crippen LogP contribution is -2.49. The van der Waals surface area contributed by atoms with Crippen LogP contribution in [-0.2, 0) is 10.2 Å². The molecule has 2 rings (SSSR count). The van der Waals surface area contributed by atoms with Crippen LogP contribution < -0.4 is 10.6 Å². The first kappa shape index (κ1) is 20.5. The number of benzene rings is 1. The highest BCUT2D eigenvalue weighted by Crippen LogP contribution is 2.43. The maximum atomic E-state index is 6.00. The summed E-state index contributed by atoms with van der Waals surface area (Å²) in [5.74, 6) is 0.833. The van der Waals surface area contributed by atoms with Gasteiger partial charge >= 0.3 is 0 Å². The van der Waals surface area contributed by atoms with Crippen molar-refractivity contribution in [2.24, 2.45) is 4.99 Å². The molecule has 0 atom stereocenters. The molecule has 0 radical (unpaired) electrons. The summed E-state index contributed by atoms with van der Waals surface area (Å²) in [6.45, 7) is 5.09. The fourth-order valence-corrected chi connectivity index (χ4v) is 2.96. The number of halogens is 2. The summed E-state index contributed by atoms with van der Waals surface area (Å²) in [5, 5.41) is 7.52. The van der Waals surface area contributed by atoms with E-state index in [0.717, 1.165) is 30.7 Å². The van der Waals surface area contributed by atoms with Crippen LogP contribution in [0.25, 0.3) is 0 Å². The predicted octanol–water partition coefficient (Wildman–Crippen LogP) is 3.58. The summed E-state index contributed by atoms with van der Waals surface area (Å²) >= 11 is 6.00. The fraction of sp³-hybridized carbons (Fsp3) is 0.588. The van der Waals surface area contributed by atoms with E-state index < -0.39 is 0 Å². The van der Waals surface area contributed by atoms with Gasteiger partial charge in [-0.15, -0.1) is 24.0 Å². The van der Waals surface area contributed by atoms with Crippen molar-refractivity contribution in [1.82, 2.24) is 10.6 Å². The minimum Gasteiger partial charge on any atom is -0.380 e. The van der Waals surface area contributed by atoms with E-state index in [0.29, 0.717) is 6.61 Å². The quantitative estimate of drug-likeness (QED) is 0.288. The number of ether oxygens (including phenoxy) is 1. The molecule has 6 heteroatoms. The highest BCUT2D eigenvalue weighted by molar-refractivity contribution is 14.0. The zero-order valence-corrected chi connectivity index (χ0v) is 17.0. The van der Waals surface area contributed by atoms with Gasteiger partial charge in [0.2, 0.25) is 0 Å². The average Bonchev–Trinajstić information content (AvgIpc) is 2.49. The number of hydrogen-bond donors (Lipinski definition) is 2. The van der Waals surface area contributed by atoms with Gasteiger partial charge in [-0.3, -0.25) is 4.99 Å². The first-order valence-electron chi connectivity index (χ1n) is 7.98. The van der Waals surface area contributed by atoms with Crippen LogP contribution in [0.4, 0.5) is 0 Å². The summed E-state index contributed by atoms with van der Waals surface area (Å²) in [7, 11) is 1.80. The molecule has 23 heavy (non-hydrogen) atoms. The van der Waals surface area contributed by atoms with Gasteiger partial charge in [0, 0.05) is 37.2 Å². The van der Waals surface area contributed by atoms with Gasteiger partial charge in [-0.2, -0.15) is 0 Å². The second-order valence-electron chi connectivity index (χ2n) is 5.69. The molecule has 0 aromatic heterocycles. The third kappa shape index (κ3) is 5.80. The number of nitrogens with one attached hydrogen (secondary N) is 2. The van der Waals surface area contributed by atoms with Crippen LogP contribution in [0.2, 0.25) is 5.02 Å². The molecule has 0 spiro atoms. The van der Waals surface area contributed by atoms with Crippen LogP contribution >= 0.6 is 35.6 Å². The third-order valence-electron chi connectivity index (χ3n) is 4.33. The highest BCUT2D eigenvalue weighted by atomic mass is 127. The summed E-state index contributed by atoms with van der Waals surface area (Å²) < 4.78 is 5.33. The van der Waals surface area contributed by atoms with E-state index >= 15 is 0 Å². The van der Waals surface area contributed by atoms with Gasteiger partial charge in [0.1, 0.15) is 0 Å². The van der Waals surface area contributed by atoms with Crippen LogP contribution in [0.3, 0.4) is 0 Å². The Labute approximate surface area is 161 Å². The van der Waals surface area contributed by atoms with Gasteiger partial charge in [-0.25, -0.2) is 0 Å². The molecule has 4 nitrogen and oxygen atoms in total. The average molecular weight is 452 g/mol. The summed E-state index contributed by atoms with van der Waals surface area (Å²) in [6.07, 6.45) is 3.69. The largest absolute Gasteiger partial charge is 0.380 e. The molecule has 1 fully saturated rings. The Bertz CT molecular complexity index is 489. The van der Waals surface area contributed by atoms with Gasteiger partial charge in [-0.1, -0.05) is 30.2 Å². The molecule has 1 aliphatic carbocycles. The van der Waals surface area contributed by atoms with Crippen LogP contribution in [-0.4, -0.2) is 39.3 Å². The molecule has 0 bridgehead atoms. The molecule has 1 aliphatic rings. The second-order valence-corrected chi connectivity index (χ2v) is 6.13. The number of nitrogens with zero attached hydrogens (tertiary/aromatic N) is 1. The van der Waals surface area contributed by atoms with E-state index in [2.05, 4.69) is 27.8 Å². The van der Waals surface area contributed by atoms with Gasteiger partial charge < -0.3 is 15.4 Å². The number of hydrogen-bond acceptors (Lipinski definition) is 2. The van der Waals surface area contributed by atoms with Crippen molar-refractivity contribution in [3.63, 3.8) is 0 Å². The maximum Gasteiger partial charge on any atom is 0.191 e. The molecule has 0 heterocycles. The van der Waals surface area contributed by atoms with Gasteiger partial charge in [0.15, 0.2) is 5.96 Å². The van der Waals surface area contributed by atoms with Crippen molar-refractivity contribution >= 4 is 41.5 Å². The van der Waals surface area contributed by atoms with Gasteiger partial charge in [-0.05, 0) is 37.5 Å². The first-order valence-corrected chi connectivity index (χ1v) is 8.36. The Morgan fingerprint density at radius 2 is 1.96 bits per heavy atom. The summed E-state index contributed by atoms with van der Waals surface area (Å²) in [5.41, 5.74) is 1.57. The molecular formula is C17H27ClIN3O. The Morgan fingerprint density at radius 3 is 2.48 bits per heavy atom. The molecule has 1 aromatic carbocycles. The highest BCUT2D eigenvalue weighted by Gasteiger charge is 2.38. The van der Waals surface area contributed by atoms with Crippen LogP contribution in [0.1, 0.15) is 31.7 Å². The molecule has 2 N–H and O–H groups in total. The van der Waals surface area contributed by atoms with E-state index in [9.17, 15) is 0 Å². The smallest absolute Gasteiger partial charge is 0.191 e. The van der Waals surface area contributed by atoms with Gasteiger partial charge in [0.05, 0.1) is 6.61 Å².